The van der Waals surface area contributed by atoms with Crippen molar-refractivity contribution in [2.24, 2.45) is 0 Å². The second-order valence-electron chi connectivity index (χ2n) is 3.90. The van der Waals surface area contributed by atoms with E-state index >= 15 is 0 Å². The van der Waals surface area contributed by atoms with Crippen molar-refractivity contribution in [2.45, 2.75) is 24.7 Å². The minimum atomic E-state index is -0.778. The van der Waals surface area contributed by atoms with Gasteiger partial charge in [0.05, 0.1) is 5.41 Å². The summed E-state index contributed by atoms with van der Waals surface area (Å²) in [7, 11) is 0. The van der Waals surface area contributed by atoms with Crippen molar-refractivity contribution in [2.75, 3.05) is 0 Å². The van der Waals surface area contributed by atoms with Crippen LogP contribution in [0.3, 0.4) is 0 Å². The lowest BCUT2D eigenvalue weighted by atomic mass is 9.64. The molecule has 0 aromatic heterocycles. The van der Waals surface area contributed by atoms with Gasteiger partial charge in [-0.2, -0.15) is 0 Å². The zero-order chi connectivity index (χ0) is 11.1. The zero-order valence-electron chi connectivity index (χ0n) is 8.03. The van der Waals surface area contributed by atoms with Crippen molar-refractivity contribution in [3.05, 3.63) is 28.2 Å². The zero-order valence-corrected chi connectivity index (χ0v) is 9.62. The Hall–Kier alpha value is -1.03. The summed E-state index contributed by atoms with van der Waals surface area (Å²) in [5.41, 5.74) is 0.0195. The van der Waals surface area contributed by atoms with Crippen LogP contribution < -0.4 is 0 Å². The minimum Gasteiger partial charge on any atom is -0.508 e. The van der Waals surface area contributed by atoms with Crippen LogP contribution in [0.15, 0.2) is 22.7 Å². The largest absolute Gasteiger partial charge is 0.508 e. The SMILES string of the molecule is O=C(O)C1(c2ccc(O)cc2Br)CCC1. The van der Waals surface area contributed by atoms with Crippen molar-refractivity contribution < 1.29 is 15.0 Å². The van der Waals surface area contributed by atoms with E-state index in [4.69, 9.17) is 0 Å². The molecule has 1 aromatic rings. The van der Waals surface area contributed by atoms with Crippen LogP contribution in [0.5, 0.6) is 5.75 Å². The molecule has 80 valence electrons. The Labute approximate surface area is 95.9 Å². The van der Waals surface area contributed by atoms with Gasteiger partial charge in [0.25, 0.3) is 0 Å². The number of carboxylic acid groups (broad SMARTS) is 1. The fraction of sp³-hybridized carbons (Fsp3) is 0.364. The van der Waals surface area contributed by atoms with E-state index in [0.29, 0.717) is 17.3 Å². The van der Waals surface area contributed by atoms with Crippen molar-refractivity contribution in [3.63, 3.8) is 0 Å². The molecule has 0 heterocycles. The summed E-state index contributed by atoms with van der Waals surface area (Å²) in [5, 5.41) is 18.5. The van der Waals surface area contributed by atoms with E-state index in [1.54, 1.807) is 12.1 Å². The number of aromatic hydroxyl groups is 1. The Balaban J connectivity index is 2.48. The number of phenols is 1. The molecule has 1 aromatic carbocycles. The highest BCUT2D eigenvalue weighted by Crippen LogP contribution is 2.47. The maximum absolute atomic E-state index is 11.3. The van der Waals surface area contributed by atoms with Crippen LogP contribution >= 0.6 is 15.9 Å². The second-order valence-corrected chi connectivity index (χ2v) is 4.76. The Morgan fingerprint density at radius 2 is 2.07 bits per heavy atom. The number of phenolic OH excluding ortho intramolecular Hbond substituents is 1. The van der Waals surface area contributed by atoms with Crippen molar-refractivity contribution in [1.29, 1.82) is 0 Å². The number of hydrogen-bond acceptors (Lipinski definition) is 2. The molecule has 0 bridgehead atoms. The molecule has 1 aliphatic carbocycles. The third-order valence-corrected chi connectivity index (χ3v) is 3.74. The van der Waals surface area contributed by atoms with E-state index < -0.39 is 11.4 Å². The van der Waals surface area contributed by atoms with Crippen LogP contribution in [0.1, 0.15) is 24.8 Å². The van der Waals surface area contributed by atoms with Gasteiger partial charge in [-0.1, -0.05) is 28.4 Å². The molecular weight excluding hydrogens is 260 g/mol. The van der Waals surface area contributed by atoms with Crippen LogP contribution in [0.4, 0.5) is 0 Å². The van der Waals surface area contributed by atoms with Crippen LogP contribution in [-0.2, 0) is 10.2 Å². The predicted molar refractivity (Wildman–Crippen MR) is 59.0 cm³/mol. The first kappa shape index (κ1) is 10.5. The molecule has 0 aliphatic heterocycles. The van der Waals surface area contributed by atoms with Gasteiger partial charge in [0.15, 0.2) is 0 Å². The lowest BCUT2D eigenvalue weighted by Crippen LogP contribution is -2.42. The molecule has 0 saturated heterocycles. The number of benzene rings is 1. The number of rotatable bonds is 2. The topological polar surface area (TPSA) is 57.5 Å². The number of carbonyl (C=O) groups is 1. The lowest BCUT2D eigenvalue weighted by molar-refractivity contribution is -0.147. The first-order valence-corrected chi connectivity index (χ1v) is 5.58. The summed E-state index contributed by atoms with van der Waals surface area (Å²) in [4.78, 5) is 11.3. The first-order valence-electron chi connectivity index (χ1n) is 4.79. The molecule has 0 radical (unpaired) electrons. The van der Waals surface area contributed by atoms with Gasteiger partial charge in [-0.05, 0) is 30.5 Å². The van der Waals surface area contributed by atoms with Gasteiger partial charge < -0.3 is 10.2 Å². The van der Waals surface area contributed by atoms with Crippen LogP contribution in [0.2, 0.25) is 0 Å². The molecular formula is C11H11BrO3. The van der Waals surface area contributed by atoms with Crippen LogP contribution in [0.25, 0.3) is 0 Å². The van der Waals surface area contributed by atoms with Crippen molar-refractivity contribution in [3.8, 4) is 5.75 Å². The number of aliphatic carboxylic acids is 1. The van der Waals surface area contributed by atoms with Crippen molar-refractivity contribution >= 4 is 21.9 Å². The fourth-order valence-electron chi connectivity index (χ4n) is 2.02. The summed E-state index contributed by atoms with van der Waals surface area (Å²) in [6, 6.07) is 4.76. The van der Waals surface area contributed by atoms with Crippen LogP contribution in [0, 0.1) is 0 Å². The maximum Gasteiger partial charge on any atom is 0.314 e. The van der Waals surface area contributed by atoms with E-state index in [0.717, 1.165) is 12.0 Å². The second kappa shape index (κ2) is 3.52. The quantitative estimate of drug-likeness (QED) is 0.869. The number of hydrogen-bond donors (Lipinski definition) is 2. The summed E-state index contributed by atoms with van der Waals surface area (Å²) in [6.45, 7) is 0. The van der Waals surface area contributed by atoms with Gasteiger partial charge >= 0.3 is 5.97 Å². The van der Waals surface area contributed by atoms with E-state index in [-0.39, 0.29) is 5.75 Å². The van der Waals surface area contributed by atoms with E-state index in [1.165, 1.54) is 6.07 Å². The van der Waals surface area contributed by atoms with Gasteiger partial charge in [-0.25, -0.2) is 0 Å². The summed E-state index contributed by atoms with van der Waals surface area (Å²) in [6.07, 6.45) is 2.29. The molecule has 2 rings (SSSR count). The number of halogens is 1. The highest BCUT2D eigenvalue weighted by Gasteiger charge is 2.46. The molecule has 1 fully saturated rings. The molecule has 2 N–H and O–H groups in total. The third kappa shape index (κ3) is 1.53. The Morgan fingerprint density at radius 3 is 2.47 bits per heavy atom. The van der Waals surface area contributed by atoms with Gasteiger partial charge in [0.2, 0.25) is 0 Å². The molecule has 1 saturated carbocycles. The molecule has 1 aliphatic rings. The minimum absolute atomic E-state index is 0.144. The molecule has 0 amide bonds. The summed E-state index contributed by atoms with van der Waals surface area (Å²) >= 11 is 3.30. The predicted octanol–water partition coefficient (Wildman–Crippen LogP) is 2.66. The van der Waals surface area contributed by atoms with Gasteiger partial charge in [0, 0.05) is 4.47 Å². The van der Waals surface area contributed by atoms with Crippen molar-refractivity contribution in [1.82, 2.24) is 0 Å². The molecule has 3 nitrogen and oxygen atoms in total. The van der Waals surface area contributed by atoms with Gasteiger partial charge in [-0.15, -0.1) is 0 Å². The summed E-state index contributed by atoms with van der Waals surface area (Å²) < 4.78 is 0.671. The first-order chi connectivity index (χ1) is 7.06. The number of carboxylic acids is 1. The molecule has 0 spiro atoms. The molecule has 15 heavy (non-hydrogen) atoms. The highest BCUT2D eigenvalue weighted by molar-refractivity contribution is 9.10. The lowest BCUT2D eigenvalue weighted by Gasteiger charge is -2.38. The summed E-state index contributed by atoms with van der Waals surface area (Å²) in [5.74, 6) is -0.634. The Kier molecular flexibility index (Phi) is 2.46. The monoisotopic (exact) mass is 270 g/mol. The average molecular weight is 271 g/mol. The molecule has 0 atom stereocenters. The van der Waals surface area contributed by atoms with Gasteiger partial charge in [0.1, 0.15) is 5.75 Å². The fourth-order valence-corrected chi connectivity index (χ4v) is 2.77. The van der Waals surface area contributed by atoms with E-state index in [2.05, 4.69) is 15.9 Å². The average Bonchev–Trinajstić information content (AvgIpc) is 2.05. The molecule has 4 heteroatoms. The van der Waals surface area contributed by atoms with E-state index in [9.17, 15) is 15.0 Å². The third-order valence-electron chi connectivity index (χ3n) is 3.08. The van der Waals surface area contributed by atoms with E-state index in [1.807, 2.05) is 0 Å². The Morgan fingerprint density at radius 1 is 1.40 bits per heavy atom. The highest BCUT2D eigenvalue weighted by atomic mass is 79.9. The van der Waals surface area contributed by atoms with Crippen LogP contribution in [-0.4, -0.2) is 16.2 Å². The normalized spacial score (nSPS) is 18.2. The molecule has 0 unspecified atom stereocenters. The van der Waals surface area contributed by atoms with Gasteiger partial charge in [-0.3, -0.25) is 4.79 Å². The standard InChI is InChI=1S/C11H11BrO3/c12-9-6-7(13)2-3-8(9)11(10(14)15)4-1-5-11/h2-3,6,13H,1,4-5H2,(H,14,15). The smallest absolute Gasteiger partial charge is 0.314 e. The maximum atomic E-state index is 11.3. The Bertz CT molecular complexity index is 410.